The van der Waals surface area contributed by atoms with Crippen LogP contribution in [0.1, 0.15) is 44.0 Å². The fraction of sp³-hybridized carbons (Fsp3) is 0.480. The van der Waals surface area contributed by atoms with Crippen molar-refractivity contribution in [2.45, 2.75) is 45.7 Å². The number of aromatic amines is 1. The van der Waals surface area contributed by atoms with Gasteiger partial charge in [0.05, 0.1) is 29.7 Å². The highest BCUT2D eigenvalue weighted by molar-refractivity contribution is 5.87. The van der Waals surface area contributed by atoms with Gasteiger partial charge in [0.2, 0.25) is 5.91 Å². The maximum absolute atomic E-state index is 12.1. The molecule has 1 amide bonds. The molecule has 33 heavy (non-hydrogen) atoms. The van der Waals surface area contributed by atoms with Crippen LogP contribution in [0, 0.1) is 12.8 Å². The smallest absolute Gasteiger partial charge is 0.246 e. The third-order valence-corrected chi connectivity index (χ3v) is 6.72. The minimum absolute atomic E-state index is 0.000115. The lowest BCUT2D eigenvalue weighted by Gasteiger charge is -2.40. The number of H-pyrrole nitrogens is 1. The van der Waals surface area contributed by atoms with Crippen LogP contribution in [-0.2, 0) is 4.79 Å². The van der Waals surface area contributed by atoms with Gasteiger partial charge in [-0.25, -0.2) is 0 Å². The summed E-state index contributed by atoms with van der Waals surface area (Å²) in [7, 11) is 0. The average molecular weight is 450 g/mol. The molecule has 3 aliphatic rings. The zero-order valence-corrected chi connectivity index (χ0v) is 19.8. The number of nitrogens with zero attached hydrogens (tertiary/aromatic N) is 4. The summed E-state index contributed by atoms with van der Waals surface area (Å²) < 4.78 is 0. The first kappa shape index (κ1) is 22.9. The third-order valence-electron chi connectivity index (χ3n) is 6.72. The largest absolute Gasteiger partial charge is 0.373 e. The van der Waals surface area contributed by atoms with Gasteiger partial charge in [-0.1, -0.05) is 26.0 Å². The first-order chi connectivity index (χ1) is 16.0. The summed E-state index contributed by atoms with van der Waals surface area (Å²) in [4.78, 5) is 16.3. The van der Waals surface area contributed by atoms with Gasteiger partial charge in [-0.05, 0) is 44.1 Å². The van der Waals surface area contributed by atoms with Crippen LogP contribution in [-0.4, -0.2) is 64.3 Å². The number of carbonyl (C=O) groups is 1. The van der Waals surface area contributed by atoms with Crippen molar-refractivity contribution in [3.8, 4) is 0 Å². The molecular weight excluding hydrogens is 414 g/mol. The van der Waals surface area contributed by atoms with E-state index in [1.807, 2.05) is 17.3 Å². The van der Waals surface area contributed by atoms with Gasteiger partial charge in [-0.2, -0.15) is 10.2 Å². The molecule has 4 rings (SSSR count). The molecule has 0 saturated carbocycles. The Labute approximate surface area is 196 Å². The second-order valence-electron chi connectivity index (χ2n) is 8.80. The normalized spacial score (nSPS) is 23.4. The molecular formula is C25H35N7O. The van der Waals surface area contributed by atoms with E-state index < -0.39 is 0 Å². The van der Waals surface area contributed by atoms with Gasteiger partial charge in [-0.3, -0.25) is 9.89 Å². The number of rotatable bonds is 8. The standard InChI is InChI=1S/C25H35N7O/c1-5-8-18(6-2)25(20-16-27-29-17(20)4)28-22-13-19-15-26-30-21(19)14-23(22)31-9-11-32(12-10-31)24(33)7-3/h6-7,13-16,19,21,25,28,30H,3,5,8-12H2,1-2,4H3,(H,27,29)/b18-6+. The maximum atomic E-state index is 12.1. The molecule has 0 radical (unpaired) electrons. The zero-order chi connectivity index (χ0) is 23.4. The fourth-order valence-corrected chi connectivity index (χ4v) is 4.84. The summed E-state index contributed by atoms with van der Waals surface area (Å²) in [6.45, 7) is 13.0. The van der Waals surface area contributed by atoms with E-state index >= 15 is 0 Å². The lowest BCUT2D eigenvalue weighted by Crippen LogP contribution is -2.49. The highest BCUT2D eigenvalue weighted by atomic mass is 16.2. The van der Waals surface area contributed by atoms with E-state index in [0.29, 0.717) is 13.1 Å². The molecule has 1 aromatic heterocycles. The minimum atomic E-state index is -0.000115. The van der Waals surface area contributed by atoms with Gasteiger partial charge < -0.3 is 20.5 Å². The second kappa shape index (κ2) is 10.1. The first-order valence-corrected chi connectivity index (χ1v) is 11.9. The molecule has 3 atom stereocenters. The van der Waals surface area contributed by atoms with Crippen LogP contribution in [0.25, 0.3) is 0 Å². The summed E-state index contributed by atoms with van der Waals surface area (Å²) in [5, 5.41) is 15.6. The number of piperazine rings is 1. The average Bonchev–Trinajstić information content (AvgIpc) is 3.48. The maximum Gasteiger partial charge on any atom is 0.246 e. The number of fused-ring (bicyclic) bond motifs is 1. The van der Waals surface area contributed by atoms with Gasteiger partial charge in [-0.15, -0.1) is 0 Å². The van der Waals surface area contributed by atoms with Crippen LogP contribution < -0.4 is 10.7 Å². The van der Waals surface area contributed by atoms with Crippen molar-refractivity contribution in [1.82, 2.24) is 30.7 Å². The number of hydrogen-bond donors (Lipinski definition) is 3. The number of hydrazone groups is 1. The molecule has 8 heteroatoms. The number of aryl methyl sites for hydroxylation is 1. The Kier molecular flexibility index (Phi) is 7.01. The Bertz CT molecular complexity index is 994. The third kappa shape index (κ3) is 4.74. The van der Waals surface area contributed by atoms with Gasteiger partial charge in [0.1, 0.15) is 0 Å². The van der Waals surface area contributed by atoms with Crippen LogP contribution in [0.5, 0.6) is 0 Å². The van der Waals surface area contributed by atoms with Gasteiger partial charge in [0.15, 0.2) is 0 Å². The van der Waals surface area contributed by atoms with Crippen LogP contribution >= 0.6 is 0 Å². The summed E-state index contributed by atoms with van der Waals surface area (Å²) in [6, 6.07) is 0.194. The van der Waals surface area contributed by atoms with Crippen LogP contribution in [0.4, 0.5) is 0 Å². The molecule has 1 aliphatic carbocycles. The predicted molar refractivity (Wildman–Crippen MR) is 131 cm³/mol. The van der Waals surface area contributed by atoms with Crippen LogP contribution in [0.2, 0.25) is 0 Å². The van der Waals surface area contributed by atoms with Crippen molar-refractivity contribution in [3.63, 3.8) is 0 Å². The molecule has 1 saturated heterocycles. The second-order valence-corrected chi connectivity index (χ2v) is 8.80. The Morgan fingerprint density at radius 3 is 2.76 bits per heavy atom. The summed E-state index contributed by atoms with van der Waals surface area (Å²) in [5.41, 5.74) is 9.08. The summed E-state index contributed by atoms with van der Waals surface area (Å²) in [6.07, 6.45) is 14.2. The summed E-state index contributed by atoms with van der Waals surface area (Å²) in [5.74, 6) is 0.214. The quantitative estimate of drug-likeness (QED) is 0.420. The molecule has 1 fully saturated rings. The van der Waals surface area contributed by atoms with E-state index in [0.717, 1.165) is 43.0 Å². The van der Waals surface area contributed by atoms with Crippen molar-refractivity contribution in [3.05, 3.63) is 65.3 Å². The van der Waals surface area contributed by atoms with Gasteiger partial charge >= 0.3 is 0 Å². The first-order valence-electron chi connectivity index (χ1n) is 11.9. The molecule has 3 N–H and O–H groups in total. The van der Waals surface area contributed by atoms with E-state index in [9.17, 15) is 4.79 Å². The molecule has 0 spiro atoms. The van der Waals surface area contributed by atoms with Crippen molar-refractivity contribution < 1.29 is 4.79 Å². The Morgan fingerprint density at radius 2 is 2.12 bits per heavy atom. The number of allylic oxidation sites excluding steroid dienone is 1. The molecule has 8 nitrogen and oxygen atoms in total. The van der Waals surface area contributed by atoms with Crippen LogP contribution in [0.15, 0.2) is 59.1 Å². The number of nitrogens with one attached hydrogen (secondary N) is 3. The topological polar surface area (TPSA) is 88.7 Å². The molecule has 0 aromatic carbocycles. The Balaban J connectivity index is 1.62. The lowest BCUT2D eigenvalue weighted by molar-refractivity contribution is -0.127. The molecule has 3 unspecified atom stereocenters. The molecule has 0 bridgehead atoms. The van der Waals surface area contributed by atoms with E-state index in [-0.39, 0.29) is 23.9 Å². The van der Waals surface area contributed by atoms with Crippen molar-refractivity contribution in [1.29, 1.82) is 0 Å². The van der Waals surface area contributed by atoms with E-state index in [1.165, 1.54) is 17.2 Å². The predicted octanol–water partition coefficient (Wildman–Crippen LogP) is 2.78. The zero-order valence-electron chi connectivity index (χ0n) is 19.8. The highest BCUT2D eigenvalue weighted by Gasteiger charge is 2.32. The van der Waals surface area contributed by atoms with Gasteiger partial charge in [0.25, 0.3) is 0 Å². The van der Waals surface area contributed by atoms with Crippen LogP contribution in [0.3, 0.4) is 0 Å². The minimum Gasteiger partial charge on any atom is -0.373 e. The monoisotopic (exact) mass is 449 g/mol. The number of amides is 1. The van der Waals surface area contributed by atoms with Crippen molar-refractivity contribution >= 4 is 12.1 Å². The van der Waals surface area contributed by atoms with E-state index in [1.54, 1.807) is 0 Å². The molecule has 176 valence electrons. The van der Waals surface area contributed by atoms with Crippen molar-refractivity contribution in [2.75, 3.05) is 26.2 Å². The van der Waals surface area contributed by atoms with E-state index in [4.69, 9.17) is 0 Å². The number of hydrogen-bond acceptors (Lipinski definition) is 6. The molecule has 1 aromatic rings. The summed E-state index contributed by atoms with van der Waals surface area (Å²) >= 11 is 0. The SMILES string of the molecule is C=CC(=O)N1CCN(C2=CC3NN=CC3C=C2NC(/C(=C/C)CCC)c2cn[nH]c2C)CC1. The highest BCUT2D eigenvalue weighted by Crippen LogP contribution is 2.33. The van der Waals surface area contributed by atoms with E-state index in [2.05, 4.69) is 76.5 Å². The van der Waals surface area contributed by atoms with Gasteiger partial charge in [0, 0.05) is 49.6 Å². The lowest BCUT2D eigenvalue weighted by atomic mass is 9.91. The molecule has 2 aliphatic heterocycles. The molecule has 3 heterocycles. The number of carbonyl (C=O) groups excluding carboxylic acids is 1. The fourth-order valence-electron chi connectivity index (χ4n) is 4.84. The Hall–Kier alpha value is -3.29. The van der Waals surface area contributed by atoms with Crippen molar-refractivity contribution in [2.24, 2.45) is 11.0 Å². The number of aromatic nitrogens is 2. The Morgan fingerprint density at radius 1 is 1.33 bits per heavy atom.